The highest BCUT2D eigenvalue weighted by Gasteiger charge is 2.22. The zero-order valence-corrected chi connectivity index (χ0v) is 13.9. The van der Waals surface area contributed by atoms with E-state index in [0.717, 1.165) is 31.2 Å². The van der Waals surface area contributed by atoms with E-state index < -0.39 is 0 Å². The number of benzene rings is 1. The molecule has 1 aromatic heterocycles. The molecule has 2 aromatic rings. The molecule has 1 N–H and O–H groups in total. The third-order valence-corrected chi connectivity index (χ3v) is 5.44. The van der Waals surface area contributed by atoms with Crippen molar-refractivity contribution in [3.05, 3.63) is 49.8 Å². The van der Waals surface area contributed by atoms with Gasteiger partial charge >= 0.3 is 0 Å². The highest BCUT2D eigenvalue weighted by molar-refractivity contribution is 7.16. The van der Waals surface area contributed by atoms with Gasteiger partial charge in [0.25, 0.3) is 5.91 Å². The van der Waals surface area contributed by atoms with Crippen LogP contribution >= 0.6 is 34.5 Å². The smallest absolute Gasteiger partial charge is 0.257 e. The number of anilines is 1. The number of thiophene rings is 1. The van der Waals surface area contributed by atoms with E-state index in [1.807, 2.05) is 0 Å². The minimum absolute atomic E-state index is 0.296. The van der Waals surface area contributed by atoms with E-state index in [0.29, 0.717) is 26.2 Å². The van der Waals surface area contributed by atoms with Gasteiger partial charge in [-0.2, -0.15) is 5.26 Å². The summed E-state index contributed by atoms with van der Waals surface area (Å²) in [4.78, 5) is 13.6. The maximum absolute atomic E-state index is 12.4. The Morgan fingerprint density at radius 2 is 2.05 bits per heavy atom. The molecule has 1 heterocycles. The number of hydrogen-bond donors (Lipinski definition) is 1. The van der Waals surface area contributed by atoms with Gasteiger partial charge in [-0.15, -0.1) is 11.3 Å². The Morgan fingerprint density at radius 3 is 2.77 bits per heavy atom. The summed E-state index contributed by atoms with van der Waals surface area (Å²) in [5.74, 6) is -0.322. The van der Waals surface area contributed by atoms with Crippen LogP contribution in [0.4, 0.5) is 5.00 Å². The van der Waals surface area contributed by atoms with Crippen LogP contribution in [0.15, 0.2) is 18.2 Å². The quantitative estimate of drug-likeness (QED) is 0.822. The Kier molecular flexibility index (Phi) is 4.39. The summed E-state index contributed by atoms with van der Waals surface area (Å²) < 4.78 is 0. The minimum Gasteiger partial charge on any atom is -0.312 e. The first-order chi connectivity index (χ1) is 10.6. The standard InChI is InChI=1S/C16H12Cl2N2OS/c17-9-5-6-11(13(18)7-9)15(21)20-16-12(8-19)10-3-1-2-4-14(10)22-16/h5-7H,1-4H2,(H,20,21). The topological polar surface area (TPSA) is 52.9 Å². The Bertz CT molecular complexity index is 792. The number of nitrogens with zero attached hydrogens (tertiary/aromatic N) is 1. The Hall–Kier alpha value is -1.54. The molecule has 6 heteroatoms. The van der Waals surface area contributed by atoms with E-state index in [2.05, 4.69) is 11.4 Å². The maximum atomic E-state index is 12.4. The number of hydrogen-bond acceptors (Lipinski definition) is 3. The molecular weight excluding hydrogens is 339 g/mol. The van der Waals surface area contributed by atoms with Crippen LogP contribution in [0.5, 0.6) is 0 Å². The van der Waals surface area contributed by atoms with Crippen LogP contribution in [0.1, 0.15) is 39.2 Å². The highest BCUT2D eigenvalue weighted by atomic mass is 35.5. The Morgan fingerprint density at radius 1 is 1.27 bits per heavy atom. The fourth-order valence-corrected chi connectivity index (χ4v) is 4.35. The zero-order valence-electron chi connectivity index (χ0n) is 11.6. The van der Waals surface area contributed by atoms with Gasteiger partial charge in [0.05, 0.1) is 16.1 Å². The first kappa shape index (κ1) is 15.4. The molecule has 22 heavy (non-hydrogen) atoms. The SMILES string of the molecule is N#Cc1c(NC(=O)c2ccc(Cl)cc2Cl)sc2c1CCCC2. The summed E-state index contributed by atoms with van der Waals surface area (Å²) in [6.07, 6.45) is 4.11. The van der Waals surface area contributed by atoms with Crippen molar-refractivity contribution in [2.24, 2.45) is 0 Å². The molecule has 0 fully saturated rings. The molecule has 0 saturated heterocycles. The van der Waals surface area contributed by atoms with Crippen molar-refractivity contribution in [3.8, 4) is 6.07 Å². The number of carbonyl (C=O) groups excluding carboxylic acids is 1. The lowest BCUT2D eigenvalue weighted by Crippen LogP contribution is -2.12. The predicted octanol–water partition coefficient (Wildman–Crippen LogP) is 5.06. The molecule has 0 unspecified atom stereocenters. The summed E-state index contributed by atoms with van der Waals surface area (Å²) in [6, 6.07) is 6.96. The number of aryl methyl sites for hydroxylation is 1. The maximum Gasteiger partial charge on any atom is 0.257 e. The Balaban J connectivity index is 1.91. The summed E-state index contributed by atoms with van der Waals surface area (Å²) in [7, 11) is 0. The van der Waals surface area contributed by atoms with Gasteiger partial charge in [-0.3, -0.25) is 4.79 Å². The van der Waals surface area contributed by atoms with Crippen LogP contribution in [0.3, 0.4) is 0 Å². The largest absolute Gasteiger partial charge is 0.312 e. The molecule has 3 nitrogen and oxygen atoms in total. The van der Waals surface area contributed by atoms with Gasteiger partial charge in [0.15, 0.2) is 0 Å². The molecule has 0 atom stereocenters. The molecule has 0 aliphatic heterocycles. The molecule has 3 rings (SSSR count). The second-order valence-corrected chi connectivity index (χ2v) is 7.05. The summed E-state index contributed by atoms with van der Waals surface area (Å²) >= 11 is 13.4. The lowest BCUT2D eigenvalue weighted by molar-refractivity contribution is 0.102. The number of carbonyl (C=O) groups is 1. The van der Waals surface area contributed by atoms with E-state index in [9.17, 15) is 10.1 Å². The molecular formula is C16H12Cl2N2OS. The van der Waals surface area contributed by atoms with E-state index in [-0.39, 0.29) is 5.91 Å². The Labute approximate surface area is 142 Å². The van der Waals surface area contributed by atoms with Gasteiger partial charge < -0.3 is 5.32 Å². The fourth-order valence-electron chi connectivity index (χ4n) is 2.62. The molecule has 112 valence electrons. The second kappa shape index (κ2) is 6.29. The molecule has 1 aliphatic carbocycles. The minimum atomic E-state index is -0.322. The van der Waals surface area contributed by atoms with Gasteiger partial charge in [0, 0.05) is 9.90 Å². The number of halogens is 2. The number of fused-ring (bicyclic) bond motifs is 1. The number of rotatable bonds is 2. The normalized spacial score (nSPS) is 13.3. The molecule has 1 amide bonds. The van der Waals surface area contributed by atoms with Gasteiger partial charge in [-0.25, -0.2) is 0 Å². The molecule has 0 radical (unpaired) electrons. The van der Waals surface area contributed by atoms with E-state index in [1.165, 1.54) is 22.3 Å². The average Bonchev–Trinajstić information content (AvgIpc) is 2.83. The average molecular weight is 351 g/mol. The lowest BCUT2D eigenvalue weighted by Gasteiger charge is -2.09. The van der Waals surface area contributed by atoms with Crippen molar-refractivity contribution in [1.29, 1.82) is 5.26 Å². The van der Waals surface area contributed by atoms with Crippen molar-refractivity contribution in [1.82, 2.24) is 0 Å². The molecule has 1 aromatic carbocycles. The van der Waals surface area contributed by atoms with Crippen molar-refractivity contribution >= 4 is 45.4 Å². The third kappa shape index (κ3) is 2.85. The number of nitrogens with one attached hydrogen (secondary N) is 1. The first-order valence-electron chi connectivity index (χ1n) is 6.91. The summed E-state index contributed by atoms with van der Waals surface area (Å²) in [6.45, 7) is 0. The molecule has 0 bridgehead atoms. The summed E-state index contributed by atoms with van der Waals surface area (Å²) in [5, 5.41) is 13.6. The lowest BCUT2D eigenvalue weighted by atomic mass is 9.96. The number of amides is 1. The van der Waals surface area contributed by atoms with Crippen LogP contribution in [-0.4, -0.2) is 5.91 Å². The van der Waals surface area contributed by atoms with Gasteiger partial charge in [-0.05, 0) is 49.4 Å². The van der Waals surface area contributed by atoms with Gasteiger partial charge in [-0.1, -0.05) is 23.2 Å². The van der Waals surface area contributed by atoms with E-state index in [4.69, 9.17) is 23.2 Å². The monoisotopic (exact) mass is 350 g/mol. The predicted molar refractivity (Wildman–Crippen MR) is 90.1 cm³/mol. The molecule has 0 spiro atoms. The van der Waals surface area contributed by atoms with E-state index in [1.54, 1.807) is 12.1 Å². The van der Waals surface area contributed by atoms with Gasteiger partial charge in [0.2, 0.25) is 0 Å². The van der Waals surface area contributed by atoms with Crippen LogP contribution in [-0.2, 0) is 12.8 Å². The van der Waals surface area contributed by atoms with Crippen molar-refractivity contribution < 1.29 is 4.79 Å². The van der Waals surface area contributed by atoms with Crippen LogP contribution in [0.25, 0.3) is 0 Å². The van der Waals surface area contributed by atoms with Crippen LogP contribution in [0, 0.1) is 11.3 Å². The third-order valence-electron chi connectivity index (χ3n) is 3.69. The second-order valence-electron chi connectivity index (χ2n) is 5.11. The fraction of sp³-hybridized carbons (Fsp3) is 0.250. The van der Waals surface area contributed by atoms with Crippen molar-refractivity contribution in [2.45, 2.75) is 25.7 Å². The first-order valence-corrected chi connectivity index (χ1v) is 8.48. The number of nitriles is 1. The molecule has 0 saturated carbocycles. The van der Waals surface area contributed by atoms with E-state index >= 15 is 0 Å². The highest BCUT2D eigenvalue weighted by Crippen LogP contribution is 2.38. The molecule has 1 aliphatic rings. The van der Waals surface area contributed by atoms with Crippen LogP contribution in [0.2, 0.25) is 10.0 Å². The van der Waals surface area contributed by atoms with Gasteiger partial charge in [0.1, 0.15) is 11.1 Å². The zero-order chi connectivity index (χ0) is 15.7. The summed E-state index contributed by atoms with van der Waals surface area (Å²) in [5.41, 5.74) is 2.04. The van der Waals surface area contributed by atoms with Crippen molar-refractivity contribution in [2.75, 3.05) is 5.32 Å². The van der Waals surface area contributed by atoms with Crippen LogP contribution < -0.4 is 5.32 Å². The van der Waals surface area contributed by atoms with Crippen molar-refractivity contribution in [3.63, 3.8) is 0 Å².